The van der Waals surface area contributed by atoms with Crippen molar-refractivity contribution in [2.24, 2.45) is 16.8 Å². The first-order valence-corrected chi connectivity index (χ1v) is 7.63. The molecule has 0 unspecified atom stereocenters. The van der Waals surface area contributed by atoms with Gasteiger partial charge in [-0.1, -0.05) is 37.3 Å². The monoisotopic (exact) mass is 274 g/mol. The molecule has 20 heavy (non-hydrogen) atoms. The van der Waals surface area contributed by atoms with Crippen LogP contribution in [0.1, 0.15) is 31.7 Å². The lowest BCUT2D eigenvalue weighted by Crippen LogP contribution is -2.48. The number of guanidine groups is 1. The van der Waals surface area contributed by atoms with Gasteiger partial charge in [-0.3, -0.25) is 10.4 Å². The van der Waals surface area contributed by atoms with Crippen LogP contribution in [0.15, 0.2) is 35.3 Å². The Morgan fingerprint density at radius 2 is 2.00 bits per heavy atom. The van der Waals surface area contributed by atoms with Crippen molar-refractivity contribution in [1.29, 1.82) is 0 Å². The lowest BCUT2D eigenvalue weighted by molar-refractivity contribution is 0.259. The van der Waals surface area contributed by atoms with Gasteiger partial charge in [-0.2, -0.15) is 0 Å². The molecule has 0 spiro atoms. The predicted octanol–water partition coefficient (Wildman–Crippen LogP) is 2.17. The maximum Gasteiger partial charge on any atom is 0.208 e. The molecule has 0 amide bonds. The van der Waals surface area contributed by atoms with Gasteiger partial charge in [-0.25, -0.2) is 5.84 Å². The van der Waals surface area contributed by atoms with Crippen molar-refractivity contribution >= 4 is 5.96 Å². The summed E-state index contributed by atoms with van der Waals surface area (Å²) in [7, 11) is 0. The molecule has 2 rings (SSSR count). The van der Waals surface area contributed by atoms with Crippen molar-refractivity contribution in [2.45, 2.75) is 32.6 Å². The first-order valence-electron chi connectivity index (χ1n) is 7.63. The Hall–Kier alpha value is -1.55. The van der Waals surface area contributed by atoms with Crippen LogP contribution in [0.25, 0.3) is 0 Å². The van der Waals surface area contributed by atoms with Crippen molar-refractivity contribution in [3.05, 3.63) is 35.9 Å². The topological polar surface area (TPSA) is 53.6 Å². The Kier molecular flexibility index (Phi) is 5.87. The number of benzene rings is 1. The number of nitrogens with two attached hydrogens (primary N) is 1. The standard InChI is InChI=1S/C16H26N4/c1-2-10-18-16(19-17)20-11-8-15(9-12-20)13-14-6-4-3-5-7-14/h3-7,15H,2,8-13,17H2,1H3,(H,18,19). The van der Waals surface area contributed by atoms with Gasteiger partial charge in [0.1, 0.15) is 0 Å². The van der Waals surface area contributed by atoms with E-state index < -0.39 is 0 Å². The van der Waals surface area contributed by atoms with E-state index in [1.807, 2.05) is 0 Å². The number of nitrogens with one attached hydrogen (secondary N) is 1. The highest BCUT2D eigenvalue weighted by Gasteiger charge is 2.21. The van der Waals surface area contributed by atoms with Crippen molar-refractivity contribution in [2.75, 3.05) is 19.6 Å². The van der Waals surface area contributed by atoms with Gasteiger partial charge in [0.15, 0.2) is 0 Å². The zero-order valence-electron chi connectivity index (χ0n) is 12.4. The summed E-state index contributed by atoms with van der Waals surface area (Å²) in [6.07, 6.45) is 4.66. The number of rotatable bonds is 4. The second-order valence-corrected chi connectivity index (χ2v) is 5.47. The van der Waals surface area contributed by atoms with Crippen molar-refractivity contribution < 1.29 is 0 Å². The fourth-order valence-corrected chi connectivity index (χ4v) is 2.75. The van der Waals surface area contributed by atoms with Gasteiger partial charge in [0.05, 0.1) is 0 Å². The van der Waals surface area contributed by atoms with Crippen LogP contribution in [0.2, 0.25) is 0 Å². The number of nitrogens with zero attached hydrogens (tertiary/aromatic N) is 2. The smallest absolute Gasteiger partial charge is 0.208 e. The van der Waals surface area contributed by atoms with Crippen molar-refractivity contribution in [3.8, 4) is 0 Å². The largest absolute Gasteiger partial charge is 0.342 e. The van der Waals surface area contributed by atoms with E-state index in [1.54, 1.807) is 0 Å². The quantitative estimate of drug-likeness (QED) is 0.383. The Bertz CT molecular complexity index is 408. The number of hydrogen-bond donors (Lipinski definition) is 2. The number of likely N-dealkylation sites (tertiary alicyclic amines) is 1. The highest BCUT2D eigenvalue weighted by Crippen LogP contribution is 2.21. The molecule has 0 radical (unpaired) electrons. The van der Waals surface area contributed by atoms with Crippen LogP contribution in [0.4, 0.5) is 0 Å². The van der Waals surface area contributed by atoms with Gasteiger partial charge >= 0.3 is 0 Å². The maximum atomic E-state index is 5.58. The molecule has 1 saturated heterocycles. The van der Waals surface area contributed by atoms with E-state index in [9.17, 15) is 0 Å². The van der Waals surface area contributed by atoms with Gasteiger partial charge in [-0.15, -0.1) is 0 Å². The van der Waals surface area contributed by atoms with Crippen LogP contribution in [-0.4, -0.2) is 30.5 Å². The molecule has 1 aliphatic heterocycles. The van der Waals surface area contributed by atoms with Gasteiger partial charge in [0, 0.05) is 19.6 Å². The zero-order chi connectivity index (χ0) is 14.2. The molecule has 0 aromatic heterocycles. The fourth-order valence-electron chi connectivity index (χ4n) is 2.75. The molecule has 1 heterocycles. The van der Waals surface area contributed by atoms with Crippen LogP contribution in [0.3, 0.4) is 0 Å². The Labute approximate surface area is 122 Å². The summed E-state index contributed by atoms with van der Waals surface area (Å²) in [5.41, 5.74) is 4.19. The molecule has 0 saturated carbocycles. The van der Waals surface area contributed by atoms with Crippen LogP contribution in [-0.2, 0) is 6.42 Å². The summed E-state index contributed by atoms with van der Waals surface area (Å²) in [6.45, 7) is 5.06. The minimum Gasteiger partial charge on any atom is -0.342 e. The molecule has 4 nitrogen and oxygen atoms in total. The minimum absolute atomic E-state index is 0.777. The number of aliphatic imine (C=N–C) groups is 1. The molecule has 1 aromatic rings. The van der Waals surface area contributed by atoms with Crippen LogP contribution in [0, 0.1) is 5.92 Å². The summed E-state index contributed by atoms with van der Waals surface area (Å²) in [4.78, 5) is 6.77. The molecule has 0 bridgehead atoms. The third-order valence-corrected chi connectivity index (χ3v) is 3.90. The molecule has 110 valence electrons. The molecule has 0 aliphatic carbocycles. The van der Waals surface area contributed by atoms with Crippen LogP contribution in [0.5, 0.6) is 0 Å². The summed E-state index contributed by atoms with van der Waals surface area (Å²) in [5.74, 6) is 7.21. The fraction of sp³-hybridized carbons (Fsp3) is 0.562. The van der Waals surface area contributed by atoms with Crippen LogP contribution >= 0.6 is 0 Å². The molecule has 1 fully saturated rings. The van der Waals surface area contributed by atoms with Gasteiger partial charge < -0.3 is 4.90 Å². The normalized spacial score (nSPS) is 17.3. The summed E-state index contributed by atoms with van der Waals surface area (Å²) in [6, 6.07) is 10.8. The van der Waals surface area contributed by atoms with E-state index in [2.05, 4.69) is 52.6 Å². The lowest BCUT2D eigenvalue weighted by Gasteiger charge is -2.33. The number of hydrazine groups is 1. The highest BCUT2D eigenvalue weighted by molar-refractivity contribution is 5.79. The van der Waals surface area contributed by atoms with E-state index in [0.717, 1.165) is 37.9 Å². The maximum absolute atomic E-state index is 5.58. The predicted molar refractivity (Wildman–Crippen MR) is 84.4 cm³/mol. The minimum atomic E-state index is 0.777. The van der Waals surface area contributed by atoms with E-state index in [4.69, 9.17) is 5.84 Å². The third-order valence-electron chi connectivity index (χ3n) is 3.90. The molecular formula is C16H26N4. The first kappa shape index (κ1) is 14.9. The van der Waals surface area contributed by atoms with Crippen molar-refractivity contribution in [3.63, 3.8) is 0 Å². The molecule has 0 atom stereocenters. The second kappa shape index (κ2) is 7.90. The Morgan fingerprint density at radius 1 is 1.30 bits per heavy atom. The van der Waals surface area contributed by atoms with E-state index in [1.165, 1.54) is 24.8 Å². The van der Waals surface area contributed by atoms with E-state index in [-0.39, 0.29) is 0 Å². The lowest BCUT2D eigenvalue weighted by atomic mass is 9.90. The van der Waals surface area contributed by atoms with Gasteiger partial charge in [0.2, 0.25) is 5.96 Å². The van der Waals surface area contributed by atoms with Crippen molar-refractivity contribution in [1.82, 2.24) is 10.3 Å². The first-order chi connectivity index (χ1) is 9.83. The molecule has 1 aromatic carbocycles. The van der Waals surface area contributed by atoms with E-state index in [0.29, 0.717) is 0 Å². The third kappa shape index (κ3) is 4.23. The summed E-state index contributed by atoms with van der Waals surface area (Å²) >= 11 is 0. The molecule has 4 heteroatoms. The van der Waals surface area contributed by atoms with Gasteiger partial charge in [0.25, 0.3) is 0 Å². The molecular weight excluding hydrogens is 248 g/mol. The van der Waals surface area contributed by atoms with Crippen LogP contribution < -0.4 is 11.3 Å². The summed E-state index contributed by atoms with van der Waals surface area (Å²) in [5, 5.41) is 0. The zero-order valence-corrected chi connectivity index (χ0v) is 12.4. The van der Waals surface area contributed by atoms with E-state index >= 15 is 0 Å². The average Bonchev–Trinajstić information content (AvgIpc) is 2.50. The Balaban J connectivity index is 1.83. The van der Waals surface area contributed by atoms with Gasteiger partial charge in [-0.05, 0) is 37.2 Å². The highest BCUT2D eigenvalue weighted by atomic mass is 15.4. The average molecular weight is 274 g/mol. The summed E-state index contributed by atoms with van der Waals surface area (Å²) < 4.78 is 0. The molecule has 3 N–H and O–H groups in total. The molecule has 1 aliphatic rings. The number of hydrogen-bond acceptors (Lipinski definition) is 2. The SMILES string of the molecule is CCCN=C(NN)N1CCC(Cc2ccccc2)CC1. The number of piperidine rings is 1. The second-order valence-electron chi connectivity index (χ2n) is 5.47. The Morgan fingerprint density at radius 3 is 2.60 bits per heavy atom.